The Kier molecular flexibility index (Phi) is 5.01. The first-order valence-corrected chi connectivity index (χ1v) is 9.27. The number of aromatic nitrogens is 1. The molecule has 1 aromatic rings. The molecule has 136 valence electrons. The highest BCUT2D eigenvalue weighted by atomic mass is 16.5. The molecule has 0 bridgehead atoms. The van der Waals surface area contributed by atoms with Crippen molar-refractivity contribution < 1.29 is 19.0 Å². The molecule has 0 aromatic carbocycles. The zero-order valence-corrected chi connectivity index (χ0v) is 14.6. The third-order valence-electron chi connectivity index (χ3n) is 5.53. The smallest absolute Gasteiger partial charge is 0.254 e. The summed E-state index contributed by atoms with van der Waals surface area (Å²) in [6, 6.07) is 3.52. The van der Waals surface area contributed by atoms with Gasteiger partial charge in [0.25, 0.3) is 5.91 Å². The molecule has 3 aliphatic rings. The maximum Gasteiger partial charge on any atom is 0.254 e. The molecular weight excluding hydrogens is 320 g/mol. The molecule has 1 spiro atoms. The summed E-state index contributed by atoms with van der Waals surface area (Å²) < 4.78 is 17.6. The number of hydrogen-bond acceptors (Lipinski definition) is 5. The minimum absolute atomic E-state index is 0.0573. The van der Waals surface area contributed by atoms with E-state index >= 15 is 0 Å². The number of likely N-dealkylation sites (tertiary alicyclic amines) is 1. The number of amides is 1. The quantitative estimate of drug-likeness (QED) is 0.833. The molecule has 3 saturated heterocycles. The van der Waals surface area contributed by atoms with Crippen molar-refractivity contribution in [3.05, 3.63) is 30.1 Å². The van der Waals surface area contributed by atoms with E-state index in [2.05, 4.69) is 4.98 Å². The van der Waals surface area contributed by atoms with Crippen LogP contribution >= 0.6 is 0 Å². The number of pyridine rings is 1. The number of hydrogen-bond donors (Lipinski definition) is 0. The van der Waals surface area contributed by atoms with Crippen molar-refractivity contribution in [1.82, 2.24) is 9.88 Å². The normalized spacial score (nSPS) is 26.4. The molecule has 1 amide bonds. The Hall–Kier alpha value is -1.50. The molecule has 6 heteroatoms. The molecule has 3 aliphatic heterocycles. The van der Waals surface area contributed by atoms with Crippen molar-refractivity contribution in [2.24, 2.45) is 5.92 Å². The van der Waals surface area contributed by atoms with E-state index in [0.717, 1.165) is 52.1 Å². The lowest BCUT2D eigenvalue weighted by Gasteiger charge is -2.53. The third kappa shape index (κ3) is 3.86. The Balaban J connectivity index is 1.26. The molecule has 1 unspecified atom stereocenters. The maximum absolute atomic E-state index is 12.5. The second-order valence-electron chi connectivity index (χ2n) is 7.43. The third-order valence-corrected chi connectivity index (χ3v) is 5.53. The maximum atomic E-state index is 12.5. The van der Waals surface area contributed by atoms with E-state index < -0.39 is 0 Å². The second kappa shape index (κ2) is 7.40. The van der Waals surface area contributed by atoms with Gasteiger partial charge in [-0.3, -0.25) is 9.78 Å². The summed E-state index contributed by atoms with van der Waals surface area (Å²) in [5.74, 6) is 0.681. The Labute approximate surface area is 148 Å². The van der Waals surface area contributed by atoms with Gasteiger partial charge in [0.2, 0.25) is 0 Å². The van der Waals surface area contributed by atoms with Crippen LogP contribution in [-0.2, 0) is 14.2 Å². The predicted octanol–water partition coefficient (Wildman–Crippen LogP) is 1.90. The fourth-order valence-corrected chi connectivity index (χ4v) is 4.00. The van der Waals surface area contributed by atoms with Crippen LogP contribution in [0.2, 0.25) is 0 Å². The molecule has 4 rings (SSSR count). The van der Waals surface area contributed by atoms with Crippen LogP contribution in [0.15, 0.2) is 24.5 Å². The van der Waals surface area contributed by atoms with Crippen molar-refractivity contribution >= 4 is 5.91 Å². The largest absolute Gasteiger partial charge is 0.381 e. The molecule has 0 saturated carbocycles. The van der Waals surface area contributed by atoms with Crippen LogP contribution in [0.3, 0.4) is 0 Å². The molecule has 3 fully saturated rings. The van der Waals surface area contributed by atoms with Crippen molar-refractivity contribution in [3.63, 3.8) is 0 Å². The Morgan fingerprint density at radius 2 is 1.96 bits per heavy atom. The van der Waals surface area contributed by atoms with Crippen molar-refractivity contribution in [2.45, 2.75) is 37.4 Å². The van der Waals surface area contributed by atoms with Crippen molar-refractivity contribution in [2.75, 3.05) is 39.5 Å². The molecule has 0 N–H and O–H groups in total. The highest BCUT2D eigenvalue weighted by molar-refractivity contribution is 5.94. The highest BCUT2D eigenvalue weighted by Gasteiger charge is 2.49. The van der Waals surface area contributed by atoms with Crippen molar-refractivity contribution in [3.8, 4) is 0 Å². The highest BCUT2D eigenvalue weighted by Crippen LogP contribution is 2.36. The van der Waals surface area contributed by atoms with Crippen LogP contribution in [0, 0.1) is 5.92 Å². The van der Waals surface area contributed by atoms with Crippen LogP contribution in [0.1, 0.15) is 36.0 Å². The summed E-state index contributed by atoms with van der Waals surface area (Å²) in [6.07, 6.45) is 7.58. The molecule has 25 heavy (non-hydrogen) atoms. The van der Waals surface area contributed by atoms with E-state index in [4.69, 9.17) is 14.2 Å². The molecular formula is C19H26N2O4. The number of nitrogens with zero attached hydrogens (tertiary/aromatic N) is 2. The topological polar surface area (TPSA) is 60.9 Å². The summed E-state index contributed by atoms with van der Waals surface area (Å²) in [4.78, 5) is 18.3. The number of carbonyl (C=O) groups excluding carboxylic acids is 1. The summed E-state index contributed by atoms with van der Waals surface area (Å²) in [7, 11) is 0. The van der Waals surface area contributed by atoms with E-state index in [-0.39, 0.29) is 17.6 Å². The lowest BCUT2D eigenvalue weighted by atomic mass is 9.84. The van der Waals surface area contributed by atoms with Gasteiger partial charge in [-0.1, -0.05) is 0 Å². The second-order valence-corrected chi connectivity index (χ2v) is 7.43. The molecule has 0 radical (unpaired) electrons. The van der Waals surface area contributed by atoms with E-state index in [1.165, 1.54) is 0 Å². The lowest BCUT2D eigenvalue weighted by Crippen LogP contribution is -2.67. The Morgan fingerprint density at radius 1 is 1.20 bits per heavy atom. The standard InChI is InChI=1S/C19H26N2O4/c22-18(16-1-6-20-7-2-16)21-13-19(14-21)11-17(5-10-25-19)24-12-15-3-8-23-9-4-15/h1-2,6-7,15,17H,3-5,8-14H2. The first kappa shape index (κ1) is 16.9. The van der Waals surface area contributed by atoms with Gasteiger partial charge in [-0.2, -0.15) is 0 Å². The zero-order chi connectivity index (χ0) is 17.1. The number of rotatable bonds is 4. The van der Waals surface area contributed by atoms with Crippen molar-refractivity contribution in [1.29, 1.82) is 0 Å². The van der Waals surface area contributed by atoms with E-state index in [1.807, 2.05) is 4.90 Å². The van der Waals surface area contributed by atoms with E-state index in [1.54, 1.807) is 24.5 Å². The molecule has 0 aliphatic carbocycles. The fraction of sp³-hybridized carbons (Fsp3) is 0.684. The van der Waals surface area contributed by atoms with Gasteiger partial charge >= 0.3 is 0 Å². The fourth-order valence-electron chi connectivity index (χ4n) is 4.00. The number of carbonyl (C=O) groups is 1. The zero-order valence-electron chi connectivity index (χ0n) is 14.6. The molecule has 1 aromatic heterocycles. The molecule has 1 atom stereocenters. The van der Waals surface area contributed by atoms with Gasteiger partial charge in [0.05, 0.1) is 19.2 Å². The average Bonchev–Trinajstić information content (AvgIpc) is 2.65. The van der Waals surface area contributed by atoms with Crippen LogP contribution < -0.4 is 0 Å². The Bertz CT molecular complexity index is 582. The van der Waals surface area contributed by atoms with Crippen LogP contribution in [0.4, 0.5) is 0 Å². The van der Waals surface area contributed by atoms with E-state index in [0.29, 0.717) is 24.6 Å². The Morgan fingerprint density at radius 3 is 2.72 bits per heavy atom. The van der Waals surface area contributed by atoms with Gasteiger partial charge in [0.1, 0.15) is 5.60 Å². The molecule has 6 nitrogen and oxygen atoms in total. The van der Waals surface area contributed by atoms with Crippen LogP contribution in [-0.4, -0.2) is 67.0 Å². The van der Waals surface area contributed by atoms with Gasteiger partial charge in [-0.05, 0) is 37.3 Å². The van der Waals surface area contributed by atoms with Gasteiger partial charge in [0, 0.05) is 50.8 Å². The van der Waals surface area contributed by atoms with Gasteiger partial charge in [0.15, 0.2) is 0 Å². The predicted molar refractivity (Wildman–Crippen MR) is 91.3 cm³/mol. The lowest BCUT2D eigenvalue weighted by molar-refractivity contribution is -0.188. The summed E-state index contributed by atoms with van der Waals surface area (Å²) in [5.41, 5.74) is 0.481. The van der Waals surface area contributed by atoms with Gasteiger partial charge in [-0.25, -0.2) is 0 Å². The first-order chi connectivity index (χ1) is 12.2. The van der Waals surface area contributed by atoms with Gasteiger partial charge in [-0.15, -0.1) is 0 Å². The summed E-state index contributed by atoms with van der Waals surface area (Å²) in [5, 5.41) is 0. The minimum Gasteiger partial charge on any atom is -0.381 e. The minimum atomic E-state index is -0.207. The van der Waals surface area contributed by atoms with Crippen LogP contribution in [0.5, 0.6) is 0 Å². The number of ether oxygens (including phenoxy) is 3. The van der Waals surface area contributed by atoms with E-state index in [9.17, 15) is 4.79 Å². The SMILES string of the molecule is O=C(c1ccncc1)N1CC2(CC(OCC3CCOCC3)CCO2)C1. The summed E-state index contributed by atoms with van der Waals surface area (Å²) in [6.45, 7) is 4.58. The summed E-state index contributed by atoms with van der Waals surface area (Å²) >= 11 is 0. The molecule has 4 heterocycles. The average molecular weight is 346 g/mol. The monoisotopic (exact) mass is 346 g/mol. The van der Waals surface area contributed by atoms with Crippen LogP contribution in [0.25, 0.3) is 0 Å². The first-order valence-electron chi connectivity index (χ1n) is 9.27. The van der Waals surface area contributed by atoms with Gasteiger partial charge < -0.3 is 19.1 Å².